The van der Waals surface area contributed by atoms with Crippen LogP contribution in [0.5, 0.6) is 0 Å². The molecule has 0 aromatic carbocycles. The largest absolute Gasteiger partial charge is 0.444 e. The van der Waals surface area contributed by atoms with Crippen LogP contribution in [0.25, 0.3) is 0 Å². The number of amides is 1. The van der Waals surface area contributed by atoms with E-state index in [-0.39, 0.29) is 18.2 Å². The third-order valence-corrected chi connectivity index (χ3v) is 3.97. The molecule has 0 radical (unpaired) electrons. The number of rotatable bonds is 5. The summed E-state index contributed by atoms with van der Waals surface area (Å²) in [5, 5.41) is 2.92. The molecule has 0 aliphatic carbocycles. The average molecular weight is 315 g/mol. The number of hydrogen-bond donors (Lipinski definition) is 2. The molecular weight excluding hydrogens is 282 g/mol. The van der Waals surface area contributed by atoms with Crippen molar-refractivity contribution in [1.29, 1.82) is 0 Å². The Balaban J connectivity index is 2.70. The fourth-order valence-electron chi connectivity index (χ4n) is 2.84. The van der Waals surface area contributed by atoms with Gasteiger partial charge in [-0.1, -0.05) is 6.92 Å². The lowest BCUT2D eigenvalue weighted by atomic mass is 10.0. The van der Waals surface area contributed by atoms with Crippen LogP contribution in [0.2, 0.25) is 0 Å². The normalized spacial score (nSPS) is 26.3. The lowest BCUT2D eigenvalue weighted by Gasteiger charge is -2.44. The van der Waals surface area contributed by atoms with E-state index in [0.29, 0.717) is 19.2 Å². The molecule has 22 heavy (non-hydrogen) atoms. The molecular formula is C16H33N3O3. The molecule has 0 aromatic rings. The molecule has 6 nitrogen and oxygen atoms in total. The van der Waals surface area contributed by atoms with Gasteiger partial charge in [0.1, 0.15) is 5.60 Å². The number of nitrogens with one attached hydrogen (secondary N) is 1. The second kappa shape index (κ2) is 8.13. The van der Waals surface area contributed by atoms with Crippen molar-refractivity contribution in [3.05, 3.63) is 0 Å². The molecule has 4 unspecified atom stereocenters. The van der Waals surface area contributed by atoms with Crippen LogP contribution in [-0.2, 0) is 9.47 Å². The van der Waals surface area contributed by atoms with E-state index in [1.165, 1.54) is 0 Å². The molecule has 0 aromatic heterocycles. The minimum atomic E-state index is -0.499. The summed E-state index contributed by atoms with van der Waals surface area (Å²) >= 11 is 0. The first-order valence-corrected chi connectivity index (χ1v) is 8.24. The van der Waals surface area contributed by atoms with Crippen LogP contribution in [-0.4, -0.2) is 60.5 Å². The Labute approximate surface area is 134 Å². The van der Waals surface area contributed by atoms with Crippen LogP contribution < -0.4 is 11.1 Å². The van der Waals surface area contributed by atoms with Crippen LogP contribution in [0.3, 0.4) is 0 Å². The number of morpholine rings is 1. The lowest BCUT2D eigenvalue weighted by Crippen LogP contribution is -2.61. The Kier molecular flexibility index (Phi) is 7.09. The topological polar surface area (TPSA) is 76.8 Å². The Morgan fingerprint density at radius 3 is 2.64 bits per heavy atom. The van der Waals surface area contributed by atoms with Gasteiger partial charge in [0.15, 0.2) is 0 Å². The van der Waals surface area contributed by atoms with Gasteiger partial charge in [0.05, 0.1) is 12.7 Å². The molecule has 1 rings (SSSR count). The van der Waals surface area contributed by atoms with Gasteiger partial charge in [0.25, 0.3) is 0 Å². The maximum Gasteiger partial charge on any atom is 0.407 e. The smallest absolute Gasteiger partial charge is 0.407 e. The van der Waals surface area contributed by atoms with E-state index in [9.17, 15) is 4.79 Å². The molecule has 4 atom stereocenters. The predicted molar refractivity (Wildman–Crippen MR) is 87.9 cm³/mol. The maximum absolute atomic E-state index is 12.0. The molecule has 1 aliphatic heterocycles. The first-order chi connectivity index (χ1) is 10.2. The van der Waals surface area contributed by atoms with Crippen LogP contribution in [0.15, 0.2) is 0 Å². The summed E-state index contributed by atoms with van der Waals surface area (Å²) in [6.07, 6.45) is 0.793. The van der Waals surface area contributed by atoms with Gasteiger partial charge in [-0.25, -0.2) is 4.79 Å². The van der Waals surface area contributed by atoms with Gasteiger partial charge in [-0.2, -0.15) is 0 Å². The van der Waals surface area contributed by atoms with Gasteiger partial charge >= 0.3 is 6.09 Å². The van der Waals surface area contributed by atoms with E-state index in [2.05, 4.69) is 24.1 Å². The monoisotopic (exact) mass is 315 g/mol. The zero-order valence-electron chi connectivity index (χ0n) is 14.9. The quantitative estimate of drug-likeness (QED) is 0.808. The fraction of sp³-hybridized carbons (Fsp3) is 0.938. The number of nitrogens with zero attached hydrogens (tertiary/aromatic N) is 1. The number of alkyl carbamates (subject to hydrolysis) is 1. The molecule has 130 valence electrons. The number of carbonyl (C=O) groups excluding carboxylic acids is 1. The fourth-order valence-corrected chi connectivity index (χ4v) is 2.84. The summed E-state index contributed by atoms with van der Waals surface area (Å²) in [6, 6.07) is 0.329. The lowest BCUT2D eigenvalue weighted by molar-refractivity contribution is -0.0754. The van der Waals surface area contributed by atoms with Crippen molar-refractivity contribution in [3.8, 4) is 0 Å². The molecule has 1 amide bonds. The summed E-state index contributed by atoms with van der Waals surface area (Å²) in [7, 11) is 0. The van der Waals surface area contributed by atoms with Gasteiger partial charge < -0.3 is 20.5 Å². The second-order valence-electron chi connectivity index (χ2n) is 7.14. The predicted octanol–water partition coefficient (Wildman–Crippen LogP) is 1.73. The zero-order valence-corrected chi connectivity index (χ0v) is 14.9. The van der Waals surface area contributed by atoms with E-state index >= 15 is 0 Å². The molecule has 1 heterocycles. The van der Waals surface area contributed by atoms with Gasteiger partial charge in [0, 0.05) is 31.2 Å². The number of nitrogens with two attached hydrogens (primary N) is 1. The molecule has 1 aliphatic rings. The van der Waals surface area contributed by atoms with Gasteiger partial charge in [-0.15, -0.1) is 0 Å². The van der Waals surface area contributed by atoms with Crippen LogP contribution in [0.1, 0.15) is 48.0 Å². The molecule has 0 spiro atoms. The summed E-state index contributed by atoms with van der Waals surface area (Å²) in [5.41, 5.74) is 5.50. The van der Waals surface area contributed by atoms with Gasteiger partial charge in [-0.05, 0) is 41.0 Å². The van der Waals surface area contributed by atoms with Crippen LogP contribution >= 0.6 is 0 Å². The zero-order chi connectivity index (χ0) is 16.9. The number of hydrogen-bond acceptors (Lipinski definition) is 5. The standard InChI is InChI=1S/C16H33N3O3/c1-7-13-10-21-11(2)9-19(13)14(8-17)12(3)18-15(20)22-16(4,5)6/h11-14H,7-10,17H2,1-6H3,(H,18,20). The van der Waals surface area contributed by atoms with Crippen LogP contribution in [0, 0.1) is 0 Å². The van der Waals surface area contributed by atoms with E-state index in [0.717, 1.165) is 13.0 Å². The van der Waals surface area contributed by atoms with Crippen molar-refractivity contribution in [2.24, 2.45) is 5.73 Å². The summed E-state index contributed by atoms with van der Waals surface area (Å²) in [4.78, 5) is 14.3. The Morgan fingerprint density at radius 1 is 1.50 bits per heavy atom. The van der Waals surface area contributed by atoms with E-state index in [1.807, 2.05) is 27.7 Å². The molecule has 1 saturated heterocycles. The molecule has 3 N–H and O–H groups in total. The number of ether oxygens (including phenoxy) is 2. The molecule has 0 saturated carbocycles. The first-order valence-electron chi connectivity index (χ1n) is 8.24. The molecule has 0 bridgehead atoms. The highest BCUT2D eigenvalue weighted by Crippen LogP contribution is 2.19. The first kappa shape index (κ1) is 19.2. The second-order valence-corrected chi connectivity index (χ2v) is 7.14. The summed E-state index contributed by atoms with van der Waals surface area (Å²) in [6.45, 7) is 13.8. The van der Waals surface area contributed by atoms with E-state index in [4.69, 9.17) is 15.2 Å². The maximum atomic E-state index is 12.0. The third-order valence-electron chi connectivity index (χ3n) is 3.97. The van der Waals surface area contributed by atoms with Crippen molar-refractivity contribution in [3.63, 3.8) is 0 Å². The molecule has 6 heteroatoms. The Bertz CT molecular complexity index is 357. The highest BCUT2D eigenvalue weighted by atomic mass is 16.6. The average Bonchev–Trinajstić information content (AvgIpc) is 2.37. The summed E-state index contributed by atoms with van der Waals surface area (Å²) < 4.78 is 11.1. The minimum Gasteiger partial charge on any atom is -0.444 e. The number of carbonyl (C=O) groups is 1. The molecule has 1 fully saturated rings. The highest BCUT2D eigenvalue weighted by molar-refractivity contribution is 5.68. The van der Waals surface area contributed by atoms with E-state index in [1.54, 1.807) is 0 Å². The van der Waals surface area contributed by atoms with E-state index < -0.39 is 11.7 Å². The van der Waals surface area contributed by atoms with Crippen molar-refractivity contribution < 1.29 is 14.3 Å². The summed E-state index contributed by atoms with van der Waals surface area (Å²) in [5.74, 6) is 0. The van der Waals surface area contributed by atoms with Crippen molar-refractivity contribution in [2.75, 3.05) is 19.7 Å². The SMILES string of the molecule is CCC1COC(C)CN1C(CN)C(C)NC(=O)OC(C)(C)C. The highest BCUT2D eigenvalue weighted by Gasteiger charge is 2.34. The van der Waals surface area contributed by atoms with Crippen LogP contribution in [0.4, 0.5) is 4.79 Å². The van der Waals surface area contributed by atoms with Crippen molar-refractivity contribution in [2.45, 2.75) is 77.8 Å². The van der Waals surface area contributed by atoms with Crippen molar-refractivity contribution >= 4 is 6.09 Å². The Hall–Kier alpha value is -0.850. The minimum absolute atomic E-state index is 0.0730. The van der Waals surface area contributed by atoms with Gasteiger partial charge in [-0.3, -0.25) is 4.90 Å². The third kappa shape index (κ3) is 5.74. The Morgan fingerprint density at radius 2 is 2.14 bits per heavy atom. The van der Waals surface area contributed by atoms with Gasteiger partial charge in [0.2, 0.25) is 0 Å². The van der Waals surface area contributed by atoms with Crippen molar-refractivity contribution in [1.82, 2.24) is 10.2 Å².